The van der Waals surface area contributed by atoms with Gasteiger partial charge >= 0.3 is 0 Å². The Morgan fingerprint density at radius 3 is 2.71 bits per heavy atom. The molecule has 0 bridgehead atoms. The van der Waals surface area contributed by atoms with E-state index in [1.165, 1.54) is 6.42 Å². The van der Waals surface area contributed by atoms with Crippen LogP contribution in [0.5, 0.6) is 0 Å². The number of sulfone groups is 1. The van der Waals surface area contributed by atoms with Crippen LogP contribution in [0.3, 0.4) is 0 Å². The van der Waals surface area contributed by atoms with Crippen molar-refractivity contribution in [2.75, 3.05) is 36.0 Å². The number of nitrogens with zero attached hydrogens (tertiary/aromatic N) is 3. The summed E-state index contributed by atoms with van der Waals surface area (Å²) in [5, 5.41) is 0. The van der Waals surface area contributed by atoms with Crippen molar-refractivity contribution in [3.8, 4) is 0 Å². The van der Waals surface area contributed by atoms with Gasteiger partial charge in [0.25, 0.3) is 5.91 Å². The van der Waals surface area contributed by atoms with E-state index in [-0.39, 0.29) is 23.5 Å². The number of hydrogen-bond acceptors (Lipinski definition) is 5. The molecule has 1 amide bonds. The van der Waals surface area contributed by atoms with Crippen LogP contribution in [0.4, 0.5) is 5.82 Å². The lowest BCUT2D eigenvalue weighted by atomic mass is 10.1. The Morgan fingerprint density at radius 2 is 2.08 bits per heavy atom. The molecule has 1 aromatic heterocycles. The van der Waals surface area contributed by atoms with E-state index in [0.717, 1.165) is 25.9 Å². The van der Waals surface area contributed by atoms with Gasteiger partial charge in [0.05, 0.1) is 11.5 Å². The molecule has 2 aliphatic heterocycles. The highest BCUT2D eigenvalue weighted by Gasteiger charge is 2.32. The molecule has 2 fully saturated rings. The summed E-state index contributed by atoms with van der Waals surface area (Å²) in [6.07, 6.45) is 5.58. The molecule has 2 aliphatic rings. The largest absolute Gasteiger partial charge is 0.353 e. The van der Waals surface area contributed by atoms with Gasteiger partial charge in [0, 0.05) is 37.4 Å². The second kappa shape index (κ2) is 7.09. The van der Waals surface area contributed by atoms with Crippen LogP contribution in [-0.2, 0) is 9.84 Å². The molecule has 0 aromatic carbocycles. The Hall–Kier alpha value is -1.63. The van der Waals surface area contributed by atoms with Crippen LogP contribution in [-0.4, -0.2) is 61.4 Å². The van der Waals surface area contributed by atoms with Gasteiger partial charge < -0.3 is 9.80 Å². The molecule has 3 rings (SSSR count). The van der Waals surface area contributed by atoms with Crippen molar-refractivity contribution in [1.29, 1.82) is 0 Å². The number of amides is 1. The van der Waals surface area contributed by atoms with Crippen LogP contribution in [0.2, 0.25) is 0 Å². The molecule has 1 unspecified atom stereocenters. The molecule has 6 nitrogen and oxygen atoms in total. The summed E-state index contributed by atoms with van der Waals surface area (Å²) in [4.78, 5) is 21.0. The van der Waals surface area contributed by atoms with Crippen molar-refractivity contribution in [2.45, 2.75) is 38.6 Å². The molecule has 0 saturated carbocycles. The van der Waals surface area contributed by atoms with Gasteiger partial charge in [-0.15, -0.1) is 0 Å². The first-order valence-corrected chi connectivity index (χ1v) is 10.5. The van der Waals surface area contributed by atoms with Gasteiger partial charge in [-0.05, 0) is 44.7 Å². The Kier molecular flexibility index (Phi) is 5.08. The second-order valence-corrected chi connectivity index (χ2v) is 8.83. The van der Waals surface area contributed by atoms with Gasteiger partial charge in [-0.2, -0.15) is 0 Å². The average molecular weight is 351 g/mol. The zero-order valence-electron chi connectivity index (χ0n) is 14.1. The second-order valence-electron chi connectivity index (χ2n) is 6.60. The zero-order chi connectivity index (χ0) is 17.2. The number of aromatic nitrogens is 1. The smallest absolute Gasteiger partial charge is 0.254 e. The number of likely N-dealkylation sites (tertiary alicyclic amines) is 1. The van der Waals surface area contributed by atoms with Crippen molar-refractivity contribution in [3.63, 3.8) is 0 Å². The number of carbonyl (C=O) groups excluding carboxylic acids is 1. The quantitative estimate of drug-likeness (QED) is 0.826. The van der Waals surface area contributed by atoms with E-state index in [0.29, 0.717) is 24.3 Å². The number of pyridine rings is 1. The highest BCUT2D eigenvalue weighted by atomic mass is 32.2. The fourth-order valence-corrected chi connectivity index (χ4v) is 5.35. The summed E-state index contributed by atoms with van der Waals surface area (Å²) < 4.78 is 23.5. The van der Waals surface area contributed by atoms with Gasteiger partial charge in [0.15, 0.2) is 9.84 Å². The Morgan fingerprint density at radius 1 is 1.33 bits per heavy atom. The fourth-order valence-electron chi connectivity index (χ4n) is 3.62. The Bertz CT molecular complexity index is 699. The number of carbonyl (C=O) groups is 1. The Labute approximate surface area is 143 Å². The maximum Gasteiger partial charge on any atom is 0.254 e. The first kappa shape index (κ1) is 17.2. The highest BCUT2D eigenvalue weighted by Crippen LogP contribution is 2.24. The standard InChI is InChI=1S/C17H25N3O3S/c1-2-20(15-7-11-24(22,23)13-15)16-12-14(6-8-18-16)17(21)19-9-4-3-5-10-19/h6,8,12,15H,2-5,7,9-11,13H2,1H3. The summed E-state index contributed by atoms with van der Waals surface area (Å²) in [6.45, 7) is 4.30. The van der Waals surface area contributed by atoms with E-state index in [4.69, 9.17) is 0 Å². The van der Waals surface area contributed by atoms with Crippen molar-refractivity contribution < 1.29 is 13.2 Å². The van der Waals surface area contributed by atoms with Crippen molar-refractivity contribution >= 4 is 21.6 Å². The summed E-state index contributed by atoms with van der Waals surface area (Å²) in [5.41, 5.74) is 0.640. The lowest BCUT2D eigenvalue weighted by Crippen LogP contribution is -2.38. The number of rotatable bonds is 4. The average Bonchev–Trinajstić information content (AvgIpc) is 2.95. The Balaban J connectivity index is 1.79. The van der Waals surface area contributed by atoms with Crippen LogP contribution >= 0.6 is 0 Å². The summed E-state index contributed by atoms with van der Waals surface area (Å²) in [5.74, 6) is 1.16. The highest BCUT2D eigenvalue weighted by molar-refractivity contribution is 7.91. The molecule has 1 atom stereocenters. The third-order valence-corrected chi connectivity index (χ3v) is 6.67. The minimum Gasteiger partial charge on any atom is -0.353 e. The summed E-state index contributed by atoms with van der Waals surface area (Å²) >= 11 is 0. The zero-order valence-corrected chi connectivity index (χ0v) is 15.0. The maximum atomic E-state index is 12.7. The predicted molar refractivity (Wildman–Crippen MR) is 94.1 cm³/mol. The SMILES string of the molecule is CCN(c1cc(C(=O)N2CCCCC2)ccn1)C1CCS(=O)(=O)C1. The van der Waals surface area contributed by atoms with Gasteiger partial charge in [0.1, 0.15) is 5.82 Å². The molecular weight excluding hydrogens is 326 g/mol. The van der Waals surface area contributed by atoms with Gasteiger partial charge in [-0.3, -0.25) is 4.79 Å². The molecule has 0 aliphatic carbocycles. The molecule has 1 aromatic rings. The van der Waals surface area contributed by atoms with E-state index in [9.17, 15) is 13.2 Å². The molecule has 24 heavy (non-hydrogen) atoms. The minimum absolute atomic E-state index is 0.0483. The number of piperidine rings is 1. The van der Waals surface area contributed by atoms with Gasteiger partial charge in [-0.1, -0.05) is 0 Å². The summed E-state index contributed by atoms with van der Waals surface area (Å²) in [7, 11) is -2.95. The van der Waals surface area contributed by atoms with Crippen molar-refractivity contribution in [3.05, 3.63) is 23.9 Å². The van der Waals surface area contributed by atoms with E-state index in [1.54, 1.807) is 12.3 Å². The van der Waals surface area contributed by atoms with Crippen LogP contribution in [0, 0.1) is 0 Å². The molecule has 0 spiro atoms. The molecule has 132 valence electrons. The third kappa shape index (κ3) is 3.71. The molecule has 2 saturated heterocycles. The monoisotopic (exact) mass is 351 g/mol. The van der Waals surface area contributed by atoms with Crippen molar-refractivity contribution in [1.82, 2.24) is 9.88 Å². The number of anilines is 1. The van der Waals surface area contributed by atoms with Crippen LogP contribution in [0.1, 0.15) is 43.0 Å². The van der Waals surface area contributed by atoms with Crippen LogP contribution in [0.15, 0.2) is 18.3 Å². The maximum absolute atomic E-state index is 12.7. The predicted octanol–water partition coefficient (Wildman–Crippen LogP) is 1.72. The van der Waals surface area contributed by atoms with E-state index in [1.807, 2.05) is 22.8 Å². The van der Waals surface area contributed by atoms with E-state index < -0.39 is 9.84 Å². The molecule has 0 radical (unpaired) electrons. The van der Waals surface area contributed by atoms with E-state index >= 15 is 0 Å². The van der Waals surface area contributed by atoms with Crippen LogP contribution < -0.4 is 4.90 Å². The number of hydrogen-bond donors (Lipinski definition) is 0. The minimum atomic E-state index is -2.95. The normalized spacial score (nSPS) is 23.2. The van der Waals surface area contributed by atoms with E-state index in [2.05, 4.69) is 4.98 Å². The van der Waals surface area contributed by atoms with Crippen molar-refractivity contribution in [2.24, 2.45) is 0 Å². The van der Waals surface area contributed by atoms with Gasteiger partial charge in [-0.25, -0.2) is 13.4 Å². The third-order valence-electron chi connectivity index (χ3n) is 4.92. The molecular formula is C17H25N3O3S. The fraction of sp³-hybridized carbons (Fsp3) is 0.647. The topological polar surface area (TPSA) is 70.6 Å². The summed E-state index contributed by atoms with van der Waals surface area (Å²) in [6, 6.07) is 3.51. The first-order valence-electron chi connectivity index (χ1n) is 8.72. The molecule has 3 heterocycles. The first-order chi connectivity index (χ1) is 11.5. The molecule has 0 N–H and O–H groups in total. The van der Waals surface area contributed by atoms with Crippen LogP contribution in [0.25, 0.3) is 0 Å². The lowest BCUT2D eigenvalue weighted by molar-refractivity contribution is 0.0724. The lowest BCUT2D eigenvalue weighted by Gasteiger charge is -2.29. The van der Waals surface area contributed by atoms with Gasteiger partial charge in [0.2, 0.25) is 0 Å². The molecule has 7 heteroatoms.